The molecule has 1 aromatic carbocycles. The van der Waals surface area contributed by atoms with Gasteiger partial charge in [0.1, 0.15) is 0 Å². The van der Waals surface area contributed by atoms with Crippen molar-refractivity contribution in [2.75, 3.05) is 0 Å². The molecule has 0 amide bonds. The van der Waals surface area contributed by atoms with Gasteiger partial charge in [0, 0.05) is 0 Å². The molecule has 0 spiro atoms. The van der Waals surface area contributed by atoms with E-state index in [0.717, 1.165) is 5.92 Å². The van der Waals surface area contributed by atoms with Gasteiger partial charge in [0.15, 0.2) is 0 Å². The van der Waals surface area contributed by atoms with Gasteiger partial charge in [-0.2, -0.15) is 0 Å². The van der Waals surface area contributed by atoms with Crippen LogP contribution in [0.3, 0.4) is 0 Å². The van der Waals surface area contributed by atoms with E-state index in [2.05, 4.69) is 65.0 Å². The lowest BCUT2D eigenvalue weighted by molar-refractivity contribution is 0.626. The van der Waals surface area contributed by atoms with Gasteiger partial charge in [-0.3, -0.25) is 0 Å². The lowest BCUT2D eigenvalue weighted by Crippen LogP contribution is -1.88. The molecule has 0 fully saturated rings. The van der Waals surface area contributed by atoms with Gasteiger partial charge in [-0.15, -0.1) is 0 Å². The summed E-state index contributed by atoms with van der Waals surface area (Å²) in [6, 6.07) is 10.6. The fraction of sp³-hybridized carbons (Fsp3) is 0.714. The Bertz CT molecular complexity index is 223. The minimum Gasteiger partial charge on any atom is -0.0776 e. The summed E-state index contributed by atoms with van der Waals surface area (Å²) in [7, 11) is 0. The summed E-state index contributed by atoms with van der Waals surface area (Å²) in [6.07, 6.45) is 2.53. The first kappa shape index (κ1) is 36.9. The molecule has 0 N–H and O–H groups in total. The predicted octanol–water partition coefficient (Wildman–Crippen LogP) is 8.82. The van der Waals surface area contributed by atoms with E-state index in [4.69, 9.17) is 0 Å². The van der Waals surface area contributed by atoms with Crippen molar-refractivity contribution < 1.29 is 0 Å². The minimum absolute atomic E-state index is 0. The number of rotatable bonds is 3. The maximum atomic E-state index is 2.26. The summed E-state index contributed by atoms with van der Waals surface area (Å²) in [5.41, 5.74) is 1.45. The van der Waals surface area contributed by atoms with Gasteiger partial charge in [0.25, 0.3) is 0 Å². The van der Waals surface area contributed by atoms with Crippen LogP contribution in [0.5, 0.6) is 0 Å². The van der Waals surface area contributed by atoms with Crippen molar-refractivity contribution in [2.24, 2.45) is 5.92 Å². The van der Waals surface area contributed by atoms with E-state index in [1.54, 1.807) is 0 Å². The summed E-state index contributed by atoms with van der Waals surface area (Å²) in [5.74, 6) is 1.59. The topological polar surface area (TPSA) is 0 Å². The minimum atomic E-state index is 0. The van der Waals surface area contributed by atoms with Crippen LogP contribution in [0.25, 0.3) is 0 Å². The first-order chi connectivity index (χ1) is 8.11. The van der Waals surface area contributed by atoms with Gasteiger partial charge < -0.3 is 0 Å². The Morgan fingerprint density at radius 1 is 0.714 bits per heavy atom. The van der Waals surface area contributed by atoms with Gasteiger partial charge >= 0.3 is 0 Å². The molecule has 0 heterocycles. The highest BCUT2D eigenvalue weighted by Gasteiger charge is 1.98. The van der Waals surface area contributed by atoms with Crippen LogP contribution in [0.2, 0.25) is 0 Å². The van der Waals surface area contributed by atoms with Crippen molar-refractivity contribution in [2.45, 2.75) is 96.9 Å². The zero-order chi connectivity index (χ0) is 13.7. The Labute approximate surface area is 139 Å². The highest BCUT2D eigenvalue weighted by atomic mass is 14.0. The number of hydrogen-bond donors (Lipinski definition) is 0. The molecule has 0 nitrogen and oxygen atoms in total. The van der Waals surface area contributed by atoms with Crippen LogP contribution in [0.1, 0.15) is 102 Å². The summed E-state index contributed by atoms with van der Waals surface area (Å²) >= 11 is 0. The van der Waals surface area contributed by atoms with E-state index in [1.165, 1.54) is 18.4 Å². The van der Waals surface area contributed by atoms with Gasteiger partial charge in [-0.1, -0.05) is 115 Å². The van der Waals surface area contributed by atoms with Crippen LogP contribution in [0.4, 0.5) is 0 Å². The monoisotopic (exact) mass is 300 g/mol. The molecule has 1 rings (SSSR count). The normalized spacial score (nSPS) is 8.76. The van der Waals surface area contributed by atoms with Crippen molar-refractivity contribution in [3.8, 4) is 0 Å². The SMILES string of the molecule is C.C.C.C.CC.CCC(C)C.CCC(C)c1ccccc1. The molecule has 0 aliphatic rings. The fourth-order valence-electron chi connectivity index (χ4n) is 1.02. The molecule has 0 heteroatoms. The average molecular weight is 301 g/mol. The third kappa shape index (κ3) is 24.6. The van der Waals surface area contributed by atoms with Crippen LogP contribution in [-0.4, -0.2) is 0 Å². The smallest absolute Gasteiger partial charge is 0.0193 e. The molecule has 0 aliphatic heterocycles. The molecule has 21 heavy (non-hydrogen) atoms. The molecular weight excluding hydrogens is 252 g/mol. The third-order valence-electron chi connectivity index (χ3n) is 2.80. The summed E-state index contributed by atoms with van der Waals surface area (Å²) in [4.78, 5) is 0. The molecular formula is C21H48. The summed E-state index contributed by atoms with van der Waals surface area (Å²) in [6.45, 7) is 15.1. The average Bonchev–Trinajstić information content (AvgIpc) is 2.41. The maximum Gasteiger partial charge on any atom is -0.0193 e. The summed E-state index contributed by atoms with van der Waals surface area (Å²) < 4.78 is 0. The molecule has 132 valence electrons. The Morgan fingerprint density at radius 3 is 1.29 bits per heavy atom. The Kier molecular flexibility index (Phi) is 48.4. The van der Waals surface area contributed by atoms with E-state index in [1.807, 2.05) is 13.8 Å². The molecule has 0 saturated heterocycles. The molecule has 0 aliphatic carbocycles. The fourth-order valence-corrected chi connectivity index (χ4v) is 1.02. The van der Waals surface area contributed by atoms with Crippen molar-refractivity contribution >= 4 is 0 Å². The Balaban J connectivity index is -0.0000000454. The maximum absolute atomic E-state index is 2.26. The number of benzene rings is 1. The van der Waals surface area contributed by atoms with Crippen LogP contribution in [0.15, 0.2) is 30.3 Å². The van der Waals surface area contributed by atoms with E-state index in [0.29, 0.717) is 5.92 Å². The van der Waals surface area contributed by atoms with Crippen LogP contribution < -0.4 is 0 Å². The third-order valence-corrected chi connectivity index (χ3v) is 2.80. The van der Waals surface area contributed by atoms with Gasteiger partial charge in [-0.05, 0) is 23.8 Å². The summed E-state index contributed by atoms with van der Waals surface area (Å²) in [5, 5.41) is 0. The number of hydrogen-bond acceptors (Lipinski definition) is 0. The van der Waals surface area contributed by atoms with Crippen molar-refractivity contribution in [1.29, 1.82) is 0 Å². The Morgan fingerprint density at radius 2 is 1.05 bits per heavy atom. The molecule has 1 unspecified atom stereocenters. The van der Waals surface area contributed by atoms with Crippen LogP contribution in [-0.2, 0) is 0 Å². The predicted molar refractivity (Wildman–Crippen MR) is 109 cm³/mol. The van der Waals surface area contributed by atoms with Crippen molar-refractivity contribution in [3.63, 3.8) is 0 Å². The highest BCUT2D eigenvalue weighted by molar-refractivity contribution is 5.18. The second-order valence-electron chi connectivity index (χ2n) is 4.52. The van der Waals surface area contributed by atoms with Crippen LogP contribution >= 0.6 is 0 Å². The van der Waals surface area contributed by atoms with E-state index in [-0.39, 0.29) is 29.7 Å². The van der Waals surface area contributed by atoms with Crippen molar-refractivity contribution in [3.05, 3.63) is 35.9 Å². The lowest BCUT2D eigenvalue weighted by Gasteiger charge is -2.06. The molecule has 0 saturated carbocycles. The van der Waals surface area contributed by atoms with E-state index in [9.17, 15) is 0 Å². The molecule has 0 bridgehead atoms. The first-order valence-corrected chi connectivity index (χ1v) is 7.16. The van der Waals surface area contributed by atoms with Crippen molar-refractivity contribution in [1.82, 2.24) is 0 Å². The quantitative estimate of drug-likeness (QED) is 0.523. The standard InChI is InChI=1S/C10H14.C5H12.C2H6.4CH4/c1-3-9(2)10-7-5-4-6-8-10;1-4-5(2)3;1-2;;;;/h4-9H,3H2,1-2H3;5H,4H2,1-3H3;1-2H3;4*1H4. The first-order valence-electron chi connectivity index (χ1n) is 7.16. The van der Waals surface area contributed by atoms with Gasteiger partial charge in [-0.25, -0.2) is 0 Å². The van der Waals surface area contributed by atoms with E-state index < -0.39 is 0 Å². The lowest BCUT2D eigenvalue weighted by atomic mass is 9.99. The van der Waals surface area contributed by atoms with Gasteiger partial charge in [0.2, 0.25) is 0 Å². The second-order valence-corrected chi connectivity index (χ2v) is 4.52. The van der Waals surface area contributed by atoms with E-state index >= 15 is 0 Å². The molecule has 0 aromatic heterocycles. The Hall–Kier alpha value is -0.780. The van der Waals surface area contributed by atoms with Crippen LogP contribution in [0, 0.1) is 5.92 Å². The molecule has 1 atom stereocenters. The zero-order valence-corrected chi connectivity index (χ0v) is 13.0. The zero-order valence-electron chi connectivity index (χ0n) is 13.0. The second kappa shape index (κ2) is 27.5. The molecule has 1 aromatic rings. The van der Waals surface area contributed by atoms with Gasteiger partial charge in [0.05, 0.1) is 0 Å². The largest absolute Gasteiger partial charge is 0.0776 e. The highest BCUT2D eigenvalue weighted by Crippen LogP contribution is 2.16. The molecule has 0 radical (unpaired) electrons.